The molecule has 6 nitrogen and oxygen atoms in total. The Morgan fingerprint density at radius 1 is 0.731 bits per heavy atom. The Labute approximate surface area is 150 Å². The average molecular weight is 366 g/mol. The summed E-state index contributed by atoms with van der Waals surface area (Å²) in [4.78, 5) is 21.5. The first-order valence-electron chi connectivity index (χ1n) is 7.62. The average Bonchev–Trinajstić information content (AvgIpc) is 2.67. The van der Waals surface area contributed by atoms with Gasteiger partial charge in [-0.15, -0.1) is 0 Å². The molecule has 2 aromatic rings. The lowest BCUT2D eigenvalue weighted by atomic mass is 10.3. The summed E-state index contributed by atoms with van der Waals surface area (Å²) in [7, 11) is 3.05. The van der Waals surface area contributed by atoms with Gasteiger partial charge in [-0.25, -0.2) is 8.78 Å². The summed E-state index contributed by atoms with van der Waals surface area (Å²) in [5.74, 6) is -0.136. The third-order valence-corrected chi connectivity index (χ3v) is 2.92. The van der Waals surface area contributed by atoms with Crippen LogP contribution in [0.25, 0.3) is 0 Å². The van der Waals surface area contributed by atoms with Crippen LogP contribution in [0.3, 0.4) is 0 Å². The van der Waals surface area contributed by atoms with Crippen molar-refractivity contribution in [1.82, 2.24) is 10.6 Å². The molecule has 2 N–H and O–H groups in total. The van der Waals surface area contributed by atoms with Gasteiger partial charge in [0, 0.05) is 14.1 Å². The molecular weight excluding hydrogens is 346 g/mol. The highest BCUT2D eigenvalue weighted by atomic mass is 19.1. The van der Waals surface area contributed by atoms with Crippen molar-refractivity contribution in [2.45, 2.75) is 0 Å². The lowest BCUT2D eigenvalue weighted by Crippen LogP contribution is -2.24. The molecule has 0 fully saturated rings. The van der Waals surface area contributed by atoms with E-state index < -0.39 is 0 Å². The normalized spacial score (nSPS) is 9.38. The van der Waals surface area contributed by atoms with Crippen molar-refractivity contribution in [3.8, 4) is 11.5 Å². The quantitative estimate of drug-likeness (QED) is 0.819. The Kier molecular flexibility index (Phi) is 9.16. The van der Waals surface area contributed by atoms with Gasteiger partial charge in [-0.1, -0.05) is 0 Å². The fourth-order valence-corrected chi connectivity index (χ4v) is 1.50. The molecule has 8 heteroatoms. The van der Waals surface area contributed by atoms with Gasteiger partial charge < -0.3 is 20.1 Å². The molecule has 0 heterocycles. The van der Waals surface area contributed by atoms with E-state index in [0.717, 1.165) is 0 Å². The zero-order chi connectivity index (χ0) is 19.4. The van der Waals surface area contributed by atoms with Gasteiger partial charge in [0.15, 0.2) is 13.2 Å². The van der Waals surface area contributed by atoms with Gasteiger partial charge >= 0.3 is 0 Å². The number of ether oxygens (including phenoxy) is 2. The molecule has 140 valence electrons. The molecule has 0 aromatic heterocycles. The molecule has 0 bridgehead atoms. The Morgan fingerprint density at radius 3 is 1.31 bits per heavy atom. The molecule has 0 spiro atoms. The first-order chi connectivity index (χ1) is 12.4. The van der Waals surface area contributed by atoms with E-state index in [9.17, 15) is 18.4 Å². The minimum absolute atomic E-state index is 0.0534. The number of rotatable bonds is 6. The van der Waals surface area contributed by atoms with Crippen LogP contribution in [0.2, 0.25) is 0 Å². The lowest BCUT2D eigenvalue weighted by Gasteiger charge is -2.03. The van der Waals surface area contributed by atoms with E-state index in [2.05, 4.69) is 10.6 Å². The number of carbonyl (C=O) groups excluding carboxylic acids is 2. The van der Waals surface area contributed by atoms with E-state index in [1.54, 1.807) is 0 Å². The molecule has 0 atom stereocenters. The molecule has 2 amide bonds. The zero-order valence-corrected chi connectivity index (χ0v) is 14.4. The molecule has 0 unspecified atom stereocenters. The van der Waals surface area contributed by atoms with Gasteiger partial charge in [0.1, 0.15) is 23.1 Å². The molecular formula is C18H20F2N2O4. The minimum Gasteiger partial charge on any atom is -0.484 e. The molecule has 0 saturated heterocycles. The number of hydrogen-bond acceptors (Lipinski definition) is 4. The van der Waals surface area contributed by atoms with Crippen molar-refractivity contribution in [3.05, 3.63) is 60.2 Å². The number of likely N-dealkylation sites (N-methyl/N-ethyl adjacent to an activating group) is 2. The summed E-state index contributed by atoms with van der Waals surface area (Å²) in [5.41, 5.74) is 0. The van der Waals surface area contributed by atoms with Gasteiger partial charge in [0.2, 0.25) is 0 Å². The molecule has 0 saturated carbocycles. The van der Waals surface area contributed by atoms with Crippen molar-refractivity contribution in [1.29, 1.82) is 0 Å². The Balaban J connectivity index is 0.000000260. The van der Waals surface area contributed by atoms with Crippen LogP contribution in [0, 0.1) is 11.6 Å². The van der Waals surface area contributed by atoms with Crippen molar-refractivity contribution in [3.63, 3.8) is 0 Å². The van der Waals surface area contributed by atoms with Crippen LogP contribution < -0.4 is 20.1 Å². The maximum absolute atomic E-state index is 12.4. The van der Waals surface area contributed by atoms with Crippen LogP contribution >= 0.6 is 0 Å². The third-order valence-electron chi connectivity index (χ3n) is 2.92. The Hall–Kier alpha value is -3.16. The second-order valence-corrected chi connectivity index (χ2v) is 4.83. The summed E-state index contributed by atoms with van der Waals surface area (Å²) in [5, 5.41) is 4.82. The van der Waals surface area contributed by atoms with Crippen LogP contribution in [-0.4, -0.2) is 39.1 Å². The lowest BCUT2D eigenvalue weighted by molar-refractivity contribution is -0.123. The summed E-state index contributed by atoms with van der Waals surface area (Å²) in [6.45, 7) is -0.107. The van der Waals surface area contributed by atoms with E-state index in [1.807, 2.05) is 0 Å². The number of nitrogens with one attached hydrogen (secondary N) is 2. The maximum atomic E-state index is 12.4. The molecule has 2 aromatic carbocycles. The number of carbonyl (C=O) groups is 2. The fourth-order valence-electron chi connectivity index (χ4n) is 1.50. The molecule has 0 aliphatic carbocycles. The summed E-state index contributed by atoms with van der Waals surface area (Å²) >= 11 is 0. The predicted octanol–water partition coefficient (Wildman–Crippen LogP) is 1.90. The molecule has 0 aliphatic heterocycles. The van der Waals surface area contributed by atoms with Crippen LogP contribution in [0.1, 0.15) is 0 Å². The summed E-state index contributed by atoms with van der Waals surface area (Å²) in [6, 6.07) is 11.0. The fraction of sp³-hybridized carbons (Fsp3) is 0.222. The van der Waals surface area contributed by atoms with E-state index >= 15 is 0 Å². The van der Waals surface area contributed by atoms with Gasteiger partial charge in [-0.2, -0.15) is 0 Å². The largest absolute Gasteiger partial charge is 0.484 e. The predicted molar refractivity (Wildman–Crippen MR) is 91.9 cm³/mol. The van der Waals surface area contributed by atoms with Gasteiger partial charge in [-0.05, 0) is 48.5 Å². The van der Waals surface area contributed by atoms with Gasteiger partial charge in [0.05, 0.1) is 0 Å². The van der Waals surface area contributed by atoms with Crippen LogP contribution in [-0.2, 0) is 9.59 Å². The molecule has 0 aliphatic rings. The number of benzene rings is 2. The smallest absolute Gasteiger partial charge is 0.257 e. The van der Waals surface area contributed by atoms with Crippen molar-refractivity contribution in [2.75, 3.05) is 27.3 Å². The number of amides is 2. The molecule has 2 rings (SSSR count). The van der Waals surface area contributed by atoms with Crippen LogP contribution in [0.5, 0.6) is 11.5 Å². The SMILES string of the molecule is CNC(=O)COc1ccc(F)cc1.CNC(=O)COc1ccc(F)cc1. The van der Waals surface area contributed by atoms with E-state index in [4.69, 9.17) is 9.47 Å². The second kappa shape index (κ2) is 11.4. The summed E-state index contributed by atoms with van der Waals surface area (Å²) in [6.07, 6.45) is 0. The van der Waals surface area contributed by atoms with Gasteiger partial charge in [0.25, 0.3) is 11.8 Å². The second-order valence-electron chi connectivity index (χ2n) is 4.83. The Bertz CT molecular complexity index is 630. The summed E-state index contributed by atoms with van der Waals surface area (Å²) < 4.78 is 34.9. The third kappa shape index (κ3) is 8.62. The monoisotopic (exact) mass is 366 g/mol. The van der Waals surface area contributed by atoms with Crippen molar-refractivity contribution in [2.24, 2.45) is 0 Å². The number of hydrogen-bond donors (Lipinski definition) is 2. The first-order valence-corrected chi connectivity index (χ1v) is 7.62. The highest BCUT2D eigenvalue weighted by Crippen LogP contribution is 2.11. The van der Waals surface area contributed by atoms with Gasteiger partial charge in [-0.3, -0.25) is 9.59 Å². The standard InChI is InChI=1S/2C9H10FNO2/c2*1-11-9(12)6-13-8-4-2-7(10)3-5-8/h2*2-5H,6H2,1H3,(H,11,12). The van der Waals surface area contributed by atoms with E-state index in [-0.39, 0.29) is 36.7 Å². The van der Waals surface area contributed by atoms with Crippen molar-refractivity contribution >= 4 is 11.8 Å². The number of halogens is 2. The highest BCUT2D eigenvalue weighted by molar-refractivity contribution is 5.77. The first kappa shape index (κ1) is 20.9. The molecule has 0 radical (unpaired) electrons. The van der Waals surface area contributed by atoms with Crippen LogP contribution in [0.15, 0.2) is 48.5 Å². The maximum Gasteiger partial charge on any atom is 0.257 e. The highest BCUT2D eigenvalue weighted by Gasteiger charge is 2.00. The zero-order valence-electron chi connectivity index (χ0n) is 14.4. The topological polar surface area (TPSA) is 76.7 Å². The van der Waals surface area contributed by atoms with E-state index in [1.165, 1.54) is 62.6 Å². The Morgan fingerprint density at radius 2 is 1.04 bits per heavy atom. The van der Waals surface area contributed by atoms with Crippen LogP contribution in [0.4, 0.5) is 8.78 Å². The van der Waals surface area contributed by atoms with Crippen molar-refractivity contribution < 1.29 is 27.8 Å². The minimum atomic E-state index is -0.327. The molecule has 26 heavy (non-hydrogen) atoms. The van der Waals surface area contributed by atoms with E-state index in [0.29, 0.717) is 11.5 Å².